The molecule has 0 bridgehead atoms. The van der Waals surface area contributed by atoms with Crippen molar-refractivity contribution < 1.29 is 18.6 Å². The maximum Gasteiger partial charge on any atom is 0.122 e. The van der Waals surface area contributed by atoms with E-state index in [-0.39, 0.29) is 0 Å². The first-order valence-corrected chi connectivity index (χ1v) is 9.17. The molecule has 0 heterocycles. The van der Waals surface area contributed by atoms with Gasteiger partial charge < -0.3 is 18.6 Å². The van der Waals surface area contributed by atoms with Crippen molar-refractivity contribution in [2.45, 2.75) is 12.8 Å². The molecule has 0 unspecified atom stereocenters. The third-order valence-electron chi connectivity index (χ3n) is 3.62. The number of oxime groups is 2. The second-order valence-corrected chi connectivity index (χ2v) is 8.54. The molecule has 0 atom stereocenters. The van der Waals surface area contributed by atoms with Crippen LogP contribution >= 0.6 is 0 Å². The van der Waals surface area contributed by atoms with E-state index in [0.29, 0.717) is 13.2 Å². The van der Waals surface area contributed by atoms with Crippen LogP contribution in [0.25, 0.3) is 0 Å². The van der Waals surface area contributed by atoms with Gasteiger partial charge in [0.15, 0.2) is 0 Å². The van der Waals surface area contributed by atoms with Gasteiger partial charge in [-0.25, -0.2) is 0 Å². The van der Waals surface area contributed by atoms with Gasteiger partial charge in [0.25, 0.3) is 0 Å². The number of benzene rings is 1. The van der Waals surface area contributed by atoms with Crippen LogP contribution in [-0.2, 0) is 9.68 Å². The highest BCUT2D eigenvalue weighted by Crippen LogP contribution is 2.01. The zero-order chi connectivity index (χ0) is 19.5. The second-order valence-electron chi connectivity index (χ2n) is 8.54. The van der Waals surface area contributed by atoms with Crippen LogP contribution in [0.4, 0.5) is 0 Å². The van der Waals surface area contributed by atoms with Gasteiger partial charge in [0.1, 0.15) is 13.2 Å². The topological polar surface area (TPSA) is 43.2 Å². The summed E-state index contributed by atoms with van der Waals surface area (Å²) in [6.07, 6.45) is 5.44. The summed E-state index contributed by atoms with van der Waals surface area (Å²) in [6.45, 7) is 3.42. The van der Waals surface area contributed by atoms with E-state index in [2.05, 4.69) is 52.6 Å². The van der Waals surface area contributed by atoms with Crippen molar-refractivity contribution in [2.24, 2.45) is 10.3 Å². The molecule has 0 aliphatic rings. The molecule has 0 saturated heterocycles. The third-order valence-corrected chi connectivity index (χ3v) is 3.62. The van der Waals surface area contributed by atoms with Crippen LogP contribution in [-0.4, -0.2) is 90.0 Å². The molecule has 26 heavy (non-hydrogen) atoms. The number of quaternary nitrogens is 2. The van der Waals surface area contributed by atoms with Crippen molar-refractivity contribution in [3.8, 4) is 0 Å². The van der Waals surface area contributed by atoms with E-state index in [1.54, 1.807) is 12.4 Å². The van der Waals surface area contributed by atoms with Gasteiger partial charge in [0.2, 0.25) is 0 Å². The fourth-order valence-electron chi connectivity index (χ4n) is 2.18. The zero-order valence-corrected chi connectivity index (χ0v) is 17.3. The molecule has 146 valence electrons. The fourth-order valence-corrected chi connectivity index (χ4v) is 2.18. The van der Waals surface area contributed by atoms with Gasteiger partial charge in [0.05, 0.1) is 67.8 Å². The Morgan fingerprint density at radius 1 is 0.692 bits per heavy atom. The minimum Gasteiger partial charge on any atom is -0.396 e. The van der Waals surface area contributed by atoms with Crippen LogP contribution in [0.2, 0.25) is 0 Å². The molecule has 6 heteroatoms. The Morgan fingerprint density at radius 2 is 1.04 bits per heavy atom. The van der Waals surface area contributed by atoms with E-state index in [1.807, 2.05) is 24.3 Å². The molecule has 0 N–H and O–H groups in total. The minimum absolute atomic E-state index is 0.641. The monoisotopic (exact) mass is 364 g/mol. The minimum atomic E-state index is 0.641. The quantitative estimate of drug-likeness (QED) is 0.248. The maximum absolute atomic E-state index is 5.30. The fraction of sp³-hybridized carbons (Fsp3) is 0.600. The van der Waals surface area contributed by atoms with Gasteiger partial charge in [-0.05, 0) is 11.1 Å². The summed E-state index contributed by atoms with van der Waals surface area (Å²) >= 11 is 0. The van der Waals surface area contributed by atoms with Crippen molar-refractivity contribution in [1.82, 2.24) is 0 Å². The molecule has 1 aromatic carbocycles. The van der Waals surface area contributed by atoms with E-state index in [1.165, 1.54) is 0 Å². The summed E-state index contributed by atoms with van der Waals surface area (Å²) in [7, 11) is 13.0. The number of hydrogen-bond acceptors (Lipinski definition) is 4. The Labute approximate surface area is 158 Å². The molecule has 0 amide bonds. The molecular weight excluding hydrogens is 328 g/mol. The van der Waals surface area contributed by atoms with Gasteiger partial charge in [-0.3, -0.25) is 0 Å². The molecule has 1 aromatic rings. The summed E-state index contributed by atoms with van der Waals surface area (Å²) in [4.78, 5) is 10.6. The molecule has 1 rings (SSSR count). The van der Waals surface area contributed by atoms with E-state index < -0.39 is 0 Å². The normalized spacial score (nSPS) is 12.8. The lowest BCUT2D eigenvalue weighted by molar-refractivity contribution is -0.870. The predicted molar refractivity (Wildman–Crippen MR) is 109 cm³/mol. The summed E-state index contributed by atoms with van der Waals surface area (Å²) in [5, 5.41) is 8.03. The Bertz CT molecular complexity index is 504. The van der Waals surface area contributed by atoms with E-state index >= 15 is 0 Å². The first-order valence-electron chi connectivity index (χ1n) is 9.17. The Hall–Kier alpha value is -1.92. The Morgan fingerprint density at radius 3 is 1.35 bits per heavy atom. The number of hydrogen-bond donors (Lipinski definition) is 0. The summed E-state index contributed by atoms with van der Waals surface area (Å²) in [5.41, 5.74) is 2.00. The highest BCUT2D eigenvalue weighted by atomic mass is 16.6. The average Bonchev–Trinajstić information content (AvgIpc) is 2.53. The smallest absolute Gasteiger partial charge is 0.122 e. The Kier molecular flexibility index (Phi) is 9.30. The van der Waals surface area contributed by atoms with Crippen molar-refractivity contribution >= 4 is 12.4 Å². The van der Waals surface area contributed by atoms with Gasteiger partial charge in [-0.15, -0.1) is 0 Å². The van der Waals surface area contributed by atoms with Crippen LogP contribution in [0.3, 0.4) is 0 Å². The number of nitrogens with zero attached hydrogens (tertiary/aromatic N) is 4. The predicted octanol–water partition coefficient (Wildman–Crippen LogP) is 2.58. The lowest BCUT2D eigenvalue weighted by Gasteiger charge is -2.23. The lowest BCUT2D eigenvalue weighted by Crippen LogP contribution is -2.35. The molecule has 0 aromatic heterocycles. The van der Waals surface area contributed by atoms with Crippen molar-refractivity contribution in [2.75, 3.05) is 68.6 Å². The molecule has 0 aliphatic carbocycles. The Balaban J connectivity index is 2.24. The van der Waals surface area contributed by atoms with Crippen LogP contribution in [0, 0.1) is 0 Å². The standard InChI is InChI=1S/C20H36N4O2/c1-23(2,3)13-7-15-25-21-17-19-9-11-20(12-10-19)18-22-26-16-8-14-24(4,5)6/h9-12,17-18H,7-8,13-16H2,1-6H3/q+2/b21-17-,22-18-. The SMILES string of the molecule is C[N+](C)(C)CCCO/N=C\c1ccc(/C=N\OCCC[N+](C)(C)C)cc1. The molecule has 6 nitrogen and oxygen atoms in total. The molecule has 0 saturated carbocycles. The molecule has 0 spiro atoms. The zero-order valence-electron chi connectivity index (χ0n) is 17.3. The van der Waals surface area contributed by atoms with E-state index in [0.717, 1.165) is 46.0 Å². The highest BCUT2D eigenvalue weighted by Gasteiger charge is 2.06. The van der Waals surface area contributed by atoms with Crippen LogP contribution in [0.15, 0.2) is 34.6 Å². The summed E-state index contributed by atoms with van der Waals surface area (Å²) in [5.74, 6) is 0. The molecule has 0 fully saturated rings. The lowest BCUT2D eigenvalue weighted by atomic mass is 10.2. The largest absolute Gasteiger partial charge is 0.396 e. The summed E-state index contributed by atoms with van der Waals surface area (Å²) in [6, 6.07) is 7.93. The van der Waals surface area contributed by atoms with Crippen molar-refractivity contribution in [3.05, 3.63) is 35.4 Å². The molecular formula is C20H36N4O2+2. The highest BCUT2D eigenvalue weighted by molar-refractivity contribution is 5.83. The van der Waals surface area contributed by atoms with Crippen molar-refractivity contribution in [1.29, 1.82) is 0 Å². The first-order chi connectivity index (χ1) is 12.2. The van der Waals surface area contributed by atoms with Gasteiger partial charge in [-0.2, -0.15) is 0 Å². The van der Waals surface area contributed by atoms with Gasteiger partial charge in [0, 0.05) is 12.8 Å². The van der Waals surface area contributed by atoms with Crippen LogP contribution in [0.1, 0.15) is 24.0 Å². The number of rotatable bonds is 12. The first kappa shape index (κ1) is 22.1. The van der Waals surface area contributed by atoms with Crippen LogP contribution in [0.5, 0.6) is 0 Å². The summed E-state index contributed by atoms with van der Waals surface area (Å²) < 4.78 is 1.88. The second kappa shape index (κ2) is 10.9. The third kappa shape index (κ3) is 12.4. The average molecular weight is 365 g/mol. The molecule has 0 aliphatic heterocycles. The van der Waals surface area contributed by atoms with Gasteiger partial charge in [-0.1, -0.05) is 34.6 Å². The van der Waals surface area contributed by atoms with E-state index in [9.17, 15) is 0 Å². The van der Waals surface area contributed by atoms with Gasteiger partial charge >= 0.3 is 0 Å². The van der Waals surface area contributed by atoms with Crippen molar-refractivity contribution in [3.63, 3.8) is 0 Å². The van der Waals surface area contributed by atoms with Crippen LogP contribution < -0.4 is 0 Å². The molecule has 0 radical (unpaired) electrons. The maximum atomic E-state index is 5.30. The van der Waals surface area contributed by atoms with E-state index in [4.69, 9.17) is 9.68 Å².